The van der Waals surface area contributed by atoms with E-state index in [9.17, 15) is 0 Å². The molecule has 1 aromatic heterocycles. The van der Waals surface area contributed by atoms with Crippen molar-refractivity contribution < 1.29 is 9.47 Å². The van der Waals surface area contributed by atoms with Crippen LogP contribution in [0.15, 0.2) is 41.5 Å². The van der Waals surface area contributed by atoms with Crippen molar-refractivity contribution in [1.29, 1.82) is 0 Å². The Morgan fingerprint density at radius 2 is 2.00 bits per heavy atom. The topological polar surface area (TPSA) is 67.8 Å². The predicted octanol–water partition coefficient (Wildman–Crippen LogP) is 2.34. The number of hydrogen-bond donors (Lipinski definition) is 2. The van der Waals surface area contributed by atoms with Crippen molar-refractivity contribution in [3.05, 3.63) is 42.1 Å². The molecule has 1 aromatic carbocycles. The third-order valence-electron chi connectivity index (χ3n) is 3.68. The SMILES string of the molecule is CCNC(=NCc1ccnc2ccccc12)NCCCOCCOC. The Hall–Kier alpha value is -2.18. The summed E-state index contributed by atoms with van der Waals surface area (Å²) in [6, 6.07) is 10.2. The average Bonchev–Trinajstić information content (AvgIpc) is 2.65. The second-order valence-corrected chi connectivity index (χ2v) is 5.57. The van der Waals surface area contributed by atoms with Gasteiger partial charge in [0.15, 0.2) is 5.96 Å². The van der Waals surface area contributed by atoms with Crippen molar-refractivity contribution in [2.24, 2.45) is 4.99 Å². The molecule has 0 bridgehead atoms. The molecule has 0 aliphatic carbocycles. The van der Waals surface area contributed by atoms with Crippen molar-refractivity contribution in [3.63, 3.8) is 0 Å². The van der Waals surface area contributed by atoms with Crippen LogP contribution in [0.3, 0.4) is 0 Å². The van der Waals surface area contributed by atoms with Crippen LogP contribution in [-0.4, -0.2) is 51.0 Å². The van der Waals surface area contributed by atoms with Gasteiger partial charge < -0.3 is 20.1 Å². The number of nitrogens with zero attached hydrogens (tertiary/aromatic N) is 2. The third-order valence-corrected chi connectivity index (χ3v) is 3.68. The number of hydrogen-bond acceptors (Lipinski definition) is 4. The molecular formula is C19H28N4O2. The fraction of sp³-hybridized carbons (Fsp3) is 0.474. The summed E-state index contributed by atoms with van der Waals surface area (Å²) in [5, 5.41) is 7.77. The second-order valence-electron chi connectivity index (χ2n) is 5.57. The molecule has 0 unspecified atom stereocenters. The zero-order valence-electron chi connectivity index (χ0n) is 15.1. The van der Waals surface area contributed by atoms with Gasteiger partial charge >= 0.3 is 0 Å². The molecule has 25 heavy (non-hydrogen) atoms. The van der Waals surface area contributed by atoms with E-state index in [1.54, 1.807) is 7.11 Å². The first kappa shape index (κ1) is 19.1. The number of aromatic nitrogens is 1. The van der Waals surface area contributed by atoms with Gasteiger partial charge in [-0.15, -0.1) is 0 Å². The summed E-state index contributed by atoms with van der Waals surface area (Å²) in [5.74, 6) is 0.820. The Labute approximate surface area is 149 Å². The molecule has 136 valence electrons. The van der Waals surface area contributed by atoms with Gasteiger partial charge in [0.1, 0.15) is 0 Å². The molecule has 6 nitrogen and oxygen atoms in total. The molecule has 0 aliphatic heterocycles. The molecule has 6 heteroatoms. The second kappa shape index (κ2) is 11.4. The quantitative estimate of drug-likeness (QED) is 0.393. The summed E-state index contributed by atoms with van der Waals surface area (Å²) in [6.07, 6.45) is 2.76. The lowest BCUT2D eigenvalue weighted by Crippen LogP contribution is -2.38. The van der Waals surface area contributed by atoms with E-state index in [0.29, 0.717) is 26.4 Å². The molecule has 0 fully saturated rings. The van der Waals surface area contributed by atoms with Gasteiger partial charge in [-0.3, -0.25) is 4.98 Å². The van der Waals surface area contributed by atoms with Crippen molar-refractivity contribution in [2.45, 2.75) is 19.9 Å². The van der Waals surface area contributed by atoms with Crippen molar-refractivity contribution in [1.82, 2.24) is 15.6 Å². The maximum absolute atomic E-state index is 5.46. The molecule has 0 saturated heterocycles. The monoisotopic (exact) mass is 344 g/mol. The number of pyridine rings is 1. The Kier molecular flexibility index (Phi) is 8.72. The lowest BCUT2D eigenvalue weighted by Gasteiger charge is -2.12. The normalized spacial score (nSPS) is 11.7. The first-order valence-corrected chi connectivity index (χ1v) is 8.76. The minimum Gasteiger partial charge on any atom is -0.382 e. The van der Waals surface area contributed by atoms with E-state index in [1.165, 1.54) is 5.56 Å². The van der Waals surface area contributed by atoms with Gasteiger partial charge in [0, 0.05) is 38.4 Å². The summed E-state index contributed by atoms with van der Waals surface area (Å²) in [4.78, 5) is 9.08. The molecule has 2 aromatic rings. The van der Waals surface area contributed by atoms with Gasteiger partial charge in [0.2, 0.25) is 0 Å². The van der Waals surface area contributed by atoms with Gasteiger partial charge in [0.05, 0.1) is 25.3 Å². The summed E-state index contributed by atoms with van der Waals surface area (Å²) in [6.45, 7) is 6.31. The summed E-state index contributed by atoms with van der Waals surface area (Å²) in [7, 11) is 1.68. The zero-order chi connectivity index (χ0) is 17.7. The van der Waals surface area contributed by atoms with Crippen LogP contribution in [0.25, 0.3) is 10.9 Å². The first-order chi connectivity index (χ1) is 12.3. The van der Waals surface area contributed by atoms with Crippen molar-refractivity contribution >= 4 is 16.9 Å². The van der Waals surface area contributed by atoms with Crippen molar-refractivity contribution in [3.8, 4) is 0 Å². The Bertz CT molecular complexity index is 655. The van der Waals surface area contributed by atoms with Crippen molar-refractivity contribution in [2.75, 3.05) is 40.0 Å². The van der Waals surface area contributed by atoms with Crippen LogP contribution in [0.5, 0.6) is 0 Å². The fourth-order valence-electron chi connectivity index (χ4n) is 2.42. The Morgan fingerprint density at radius 1 is 1.12 bits per heavy atom. The highest BCUT2D eigenvalue weighted by Crippen LogP contribution is 2.16. The summed E-state index contributed by atoms with van der Waals surface area (Å²) >= 11 is 0. The fourth-order valence-corrected chi connectivity index (χ4v) is 2.42. The maximum atomic E-state index is 5.46. The molecule has 0 radical (unpaired) electrons. The molecule has 2 N–H and O–H groups in total. The van der Waals surface area contributed by atoms with E-state index < -0.39 is 0 Å². The van der Waals surface area contributed by atoms with Crippen LogP contribution in [-0.2, 0) is 16.0 Å². The van der Waals surface area contributed by atoms with Crippen LogP contribution in [0.4, 0.5) is 0 Å². The number of nitrogens with one attached hydrogen (secondary N) is 2. The van der Waals surface area contributed by atoms with Crippen LogP contribution in [0, 0.1) is 0 Å². The molecule has 0 aliphatic rings. The van der Waals surface area contributed by atoms with Gasteiger partial charge in [-0.2, -0.15) is 0 Å². The highest BCUT2D eigenvalue weighted by atomic mass is 16.5. The first-order valence-electron chi connectivity index (χ1n) is 8.76. The Morgan fingerprint density at radius 3 is 2.84 bits per heavy atom. The van der Waals surface area contributed by atoms with Gasteiger partial charge in [0.25, 0.3) is 0 Å². The number of aliphatic imine (C=N–C) groups is 1. The van der Waals surface area contributed by atoms with Gasteiger partial charge in [-0.25, -0.2) is 4.99 Å². The molecule has 0 atom stereocenters. The lowest BCUT2D eigenvalue weighted by atomic mass is 10.1. The van der Waals surface area contributed by atoms with E-state index in [1.807, 2.05) is 30.5 Å². The van der Waals surface area contributed by atoms with E-state index >= 15 is 0 Å². The van der Waals surface area contributed by atoms with E-state index in [2.05, 4.69) is 33.6 Å². The molecule has 1 heterocycles. The lowest BCUT2D eigenvalue weighted by molar-refractivity contribution is 0.0698. The van der Waals surface area contributed by atoms with Gasteiger partial charge in [-0.1, -0.05) is 18.2 Å². The maximum Gasteiger partial charge on any atom is 0.191 e. The van der Waals surface area contributed by atoms with E-state index in [0.717, 1.165) is 36.4 Å². The zero-order valence-corrected chi connectivity index (χ0v) is 15.1. The van der Waals surface area contributed by atoms with Crippen LogP contribution in [0.2, 0.25) is 0 Å². The Balaban J connectivity index is 1.86. The van der Waals surface area contributed by atoms with E-state index in [4.69, 9.17) is 9.47 Å². The minimum absolute atomic E-state index is 0.614. The molecule has 0 spiro atoms. The number of fused-ring (bicyclic) bond motifs is 1. The molecule has 2 rings (SSSR count). The van der Waals surface area contributed by atoms with Gasteiger partial charge in [-0.05, 0) is 31.0 Å². The number of para-hydroxylation sites is 1. The highest BCUT2D eigenvalue weighted by Gasteiger charge is 2.02. The number of benzene rings is 1. The number of rotatable bonds is 10. The predicted molar refractivity (Wildman–Crippen MR) is 102 cm³/mol. The average molecular weight is 344 g/mol. The summed E-state index contributed by atoms with van der Waals surface area (Å²) < 4.78 is 10.4. The smallest absolute Gasteiger partial charge is 0.191 e. The number of methoxy groups -OCH3 is 1. The van der Waals surface area contributed by atoms with E-state index in [-0.39, 0.29) is 0 Å². The van der Waals surface area contributed by atoms with Crippen LogP contribution < -0.4 is 10.6 Å². The molecular weight excluding hydrogens is 316 g/mol. The standard InChI is InChI=1S/C19H28N4O2/c1-3-20-19(22-10-6-12-25-14-13-24-2)23-15-16-9-11-21-18-8-5-4-7-17(16)18/h4-5,7-9,11H,3,6,10,12-15H2,1-2H3,(H2,20,22,23). The van der Waals surface area contributed by atoms with Crippen LogP contribution >= 0.6 is 0 Å². The molecule has 0 amide bonds. The van der Waals surface area contributed by atoms with Crippen LogP contribution in [0.1, 0.15) is 18.9 Å². The minimum atomic E-state index is 0.614. The molecule has 0 saturated carbocycles. The highest BCUT2D eigenvalue weighted by molar-refractivity contribution is 5.83. The number of ether oxygens (including phenoxy) is 2. The largest absolute Gasteiger partial charge is 0.382 e. The summed E-state index contributed by atoms with van der Waals surface area (Å²) in [5.41, 5.74) is 2.17. The number of guanidine groups is 1. The third kappa shape index (κ3) is 6.68.